The van der Waals surface area contributed by atoms with E-state index in [-0.39, 0.29) is 53.1 Å². The summed E-state index contributed by atoms with van der Waals surface area (Å²) in [5.74, 6) is 1.02. The number of aliphatic imine (C=N–C) groups is 1. The highest BCUT2D eigenvalue weighted by Crippen LogP contribution is 2.30. The van der Waals surface area contributed by atoms with Crippen molar-refractivity contribution in [3.63, 3.8) is 0 Å². The number of nitrogens with one attached hydrogen (secondary N) is 2. The van der Waals surface area contributed by atoms with Crippen LogP contribution in [0.3, 0.4) is 0 Å². The van der Waals surface area contributed by atoms with Crippen LogP contribution in [0.5, 0.6) is 17.2 Å². The monoisotopic (exact) mass is 660 g/mol. The van der Waals surface area contributed by atoms with E-state index in [9.17, 15) is 14.7 Å². The summed E-state index contributed by atoms with van der Waals surface area (Å²) in [6, 6.07) is 18.2. The van der Waals surface area contributed by atoms with Gasteiger partial charge in [0.1, 0.15) is 30.0 Å². The van der Waals surface area contributed by atoms with E-state index in [4.69, 9.17) is 37.6 Å². The van der Waals surface area contributed by atoms with Gasteiger partial charge in [0.25, 0.3) is 5.91 Å². The van der Waals surface area contributed by atoms with Gasteiger partial charge in [-0.1, -0.05) is 23.7 Å². The molecule has 2 aliphatic rings. The maximum absolute atomic E-state index is 13.3. The van der Waals surface area contributed by atoms with Crippen molar-refractivity contribution in [2.75, 3.05) is 44.3 Å². The van der Waals surface area contributed by atoms with E-state index in [0.29, 0.717) is 55.3 Å². The second-order valence-electron chi connectivity index (χ2n) is 11.4. The minimum absolute atomic E-state index is 0.0113. The molecule has 3 heterocycles. The molecule has 2 aliphatic heterocycles. The quantitative estimate of drug-likeness (QED) is 0.161. The summed E-state index contributed by atoms with van der Waals surface area (Å²) in [7, 11) is 0. The lowest BCUT2D eigenvalue weighted by Crippen LogP contribution is -2.53. The predicted octanol–water partition coefficient (Wildman–Crippen LogP) is 2.34. The molecular formula is C32H33ClN8O6. The molecule has 1 spiro atoms. The van der Waals surface area contributed by atoms with Crippen LogP contribution >= 0.6 is 11.6 Å². The van der Waals surface area contributed by atoms with Crippen LogP contribution in [0.15, 0.2) is 65.7 Å². The highest BCUT2D eigenvalue weighted by Gasteiger charge is 2.41. The number of carbonyl (C=O) groups is 2. The number of hydrogen-bond donors (Lipinski definition) is 6. The third-order valence-electron chi connectivity index (χ3n) is 8.08. The highest BCUT2D eigenvalue weighted by atomic mass is 35.5. The van der Waals surface area contributed by atoms with E-state index in [1.807, 2.05) is 30.3 Å². The molecule has 0 bridgehead atoms. The van der Waals surface area contributed by atoms with Gasteiger partial charge in [-0.15, -0.1) is 0 Å². The molecule has 0 aliphatic carbocycles. The number of nitrogen functional groups attached to an aromatic ring is 2. The first-order valence-electron chi connectivity index (χ1n) is 14.9. The number of fused-ring (bicyclic) bond motifs is 1. The number of nitrogens with zero attached hydrogens (tertiary/aromatic N) is 4. The lowest BCUT2D eigenvalue weighted by molar-refractivity contribution is 0.0536. The Morgan fingerprint density at radius 1 is 0.979 bits per heavy atom. The molecule has 8 N–H and O–H groups in total. The number of hydrogen-bond acceptors (Lipinski definition) is 10. The van der Waals surface area contributed by atoms with Crippen LogP contribution in [-0.2, 0) is 0 Å². The number of amides is 2. The summed E-state index contributed by atoms with van der Waals surface area (Å²) in [6.07, 6.45) is 0.342. The normalized spacial score (nSPS) is 16.9. The number of aliphatic hydroxyl groups is 2. The minimum Gasteiger partial charge on any atom is -0.491 e. The number of benzene rings is 3. The molecule has 2 fully saturated rings. The molecule has 6 rings (SSSR count). The van der Waals surface area contributed by atoms with Crippen LogP contribution in [-0.4, -0.2) is 87.3 Å². The van der Waals surface area contributed by atoms with E-state index in [2.05, 4.69) is 25.6 Å². The first-order chi connectivity index (χ1) is 22.6. The average Bonchev–Trinajstić information content (AvgIpc) is 3.46. The largest absolute Gasteiger partial charge is 0.491 e. The smallest absolute Gasteiger partial charge is 0.302 e. The molecule has 15 heteroatoms. The maximum atomic E-state index is 13.3. The SMILES string of the molecule is Nc1nc(N)c(C(=O)/N=C2\NCC3(CCN(C(=O)c4ccc(Oc5ccc6ccc(OC[C@@H](O)CO)cc6c5)cc4)CC3)N2)nc1Cl. The Bertz CT molecular complexity index is 1850. The van der Waals surface area contributed by atoms with Crippen molar-refractivity contribution >= 4 is 51.8 Å². The fraction of sp³-hybridized carbons (Fsp3) is 0.281. The first-order valence-corrected chi connectivity index (χ1v) is 15.3. The number of guanidine groups is 1. The number of nitrogens with two attached hydrogens (primary N) is 2. The molecular weight excluding hydrogens is 628 g/mol. The Morgan fingerprint density at radius 3 is 2.38 bits per heavy atom. The zero-order valence-electron chi connectivity index (χ0n) is 25.1. The van der Waals surface area contributed by atoms with E-state index in [0.717, 1.165) is 10.8 Å². The third kappa shape index (κ3) is 7.14. The highest BCUT2D eigenvalue weighted by molar-refractivity contribution is 6.31. The van der Waals surface area contributed by atoms with Crippen LogP contribution in [0, 0.1) is 0 Å². The first kappa shape index (κ1) is 31.8. The Kier molecular flexibility index (Phi) is 8.98. The molecule has 244 valence electrons. The summed E-state index contributed by atoms with van der Waals surface area (Å²) < 4.78 is 11.6. The Balaban J connectivity index is 1.03. The fourth-order valence-electron chi connectivity index (χ4n) is 5.44. The van der Waals surface area contributed by atoms with Gasteiger partial charge in [-0.25, -0.2) is 9.97 Å². The minimum atomic E-state index is -0.949. The Labute approximate surface area is 274 Å². The zero-order chi connectivity index (χ0) is 33.1. The standard InChI is InChI=1S/C32H33ClN8O6/c33-26-28(35)38-27(34)25(37-26)29(44)39-31-36-17-32(40-31)9-11-41(12-10-32)30(45)19-3-5-22(6-4-19)47-24-8-2-18-1-7-23(13-20(18)14-24)46-16-21(43)15-42/h1-8,13-14,21,42-43H,9-12,15-17H2,(H4,34,35,38)(H2,36,39,40,44)/t21-/m0/s1. The Morgan fingerprint density at radius 2 is 1.66 bits per heavy atom. The average molecular weight is 661 g/mol. The second kappa shape index (κ2) is 13.3. The van der Waals surface area contributed by atoms with Gasteiger partial charge in [-0.2, -0.15) is 4.99 Å². The molecule has 1 aromatic heterocycles. The van der Waals surface area contributed by atoms with Crippen LogP contribution in [0.4, 0.5) is 11.6 Å². The molecule has 14 nitrogen and oxygen atoms in total. The third-order valence-corrected chi connectivity index (χ3v) is 8.36. The van der Waals surface area contributed by atoms with Crippen LogP contribution < -0.4 is 31.6 Å². The fourth-order valence-corrected chi connectivity index (χ4v) is 5.57. The number of carbonyl (C=O) groups excluding carboxylic acids is 2. The number of anilines is 2. The summed E-state index contributed by atoms with van der Waals surface area (Å²) in [5, 5.41) is 26.7. The van der Waals surface area contributed by atoms with Gasteiger partial charge in [0.2, 0.25) is 0 Å². The van der Waals surface area contributed by atoms with Crippen molar-refractivity contribution in [2.24, 2.45) is 4.99 Å². The summed E-state index contributed by atoms with van der Waals surface area (Å²) >= 11 is 5.89. The van der Waals surface area contributed by atoms with Gasteiger partial charge in [-0.05, 0) is 72.1 Å². The molecule has 1 atom stereocenters. The summed E-state index contributed by atoms with van der Waals surface area (Å²) in [4.78, 5) is 39.6. The molecule has 0 radical (unpaired) electrons. The number of likely N-dealkylation sites (tertiary alicyclic amines) is 1. The zero-order valence-corrected chi connectivity index (χ0v) is 25.9. The van der Waals surface area contributed by atoms with Crippen molar-refractivity contribution < 1.29 is 29.3 Å². The van der Waals surface area contributed by atoms with Gasteiger partial charge in [0.05, 0.1) is 12.1 Å². The van der Waals surface area contributed by atoms with Gasteiger partial charge >= 0.3 is 5.91 Å². The van der Waals surface area contributed by atoms with Gasteiger partial charge in [0, 0.05) is 25.2 Å². The maximum Gasteiger partial charge on any atom is 0.302 e. The number of rotatable bonds is 8. The van der Waals surface area contributed by atoms with Crippen LogP contribution in [0.1, 0.15) is 33.7 Å². The molecule has 3 aromatic carbocycles. The number of aliphatic hydroxyl groups excluding tert-OH is 2. The van der Waals surface area contributed by atoms with E-state index >= 15 is 0 Å². The van der Waals surface area contributed by atoms with Crippen molar-refractivity contribution in [1.29, 1.82) is 0 Å². The number of halogens is 1. The van der Waals surface area contributed by atoms with E-state index < -0.39 is 12.0 Å². The lowest BCUT2D eigenvalue weighted by atomic mass is 9.88. The van der Waals surface area contributed by atoms with E-state index in [1.54, 1.807) is 35.2 Å². The van der Waals surface area contributed by atoms with E-state index in [1.165, 1.54) is 0 Å². The topological polar surface area (TPSA) is 211 Å². The molecule has 0 unspecified atom stereocenters. The van der Waals surface area contributed by atoms with Crippen molar-refractivity contribution in [1.82, 2.24) is 25.5 Å². The molecule has 2 saturated heterocycles. The molecule has 47 heavy (non-hydrogen) atoms. The Hall–Kier alpha value is -5.18. The number of piperidine rings is 1. The van der Waals surface area contributed by atoms with Gasteiger partial charge < -0.3 is 46.7 Å². The molecule has 2 amide bonds. The summed E-state index contributed by atoms with van der Waals surface area (Å²) in [5.41, 5.74) is 11.4. The molecule has 4 aromatic rings. The lowest BCUT2D eigenvalue weighted by Gasteiger charge is -2.38. The summed E-state index contributed by atoms with van der Waals surface area (Å²) in [6.45, 7) is 1.18. The van der Waals surface area contributed by atoms with Crippen LogP contribution in [0.25, 0.3) is 10.8 Å². The second-order valence-corrected chi connectivity index (χ2v) is 11.8. The number of aromatic nitrogens is 2. The molecule has 0 saturated carbocycles. The predicted molar refractivity (Wildman–Crippen MR) is 176 cm³/mol. The number of ether oxygens (including phenoxy) is 2. The van der Waals surface area contributed by atoms with Crippen molar-refractivity contribution in [2.45, 2.75) is 24.5 Å². The van der Waals surface area contributed by atoms with Crippen molar-refractivity contribution in [3.05, 3.63) is 77.1 Å². The van der Waals surface area contributed by atoms with Gasteiger partial charge in [0.15, 0.2) is 28.4 Å². The van der Waals surface area contributed by atoms with Crippen LogP contribution in [0.2, 0.25) is 5.15 Å². The van der Waals surface area contributed by atoms with Crippen molar-refractivity contribution in [3.8, 4) is 17.2 Å². The van der Waals surface area contributed by atoms with Gasteiger partial charge in [-0.3, -0.25) is 9.59 Å².